The molecule has 0 spiro atoms. The van der Waals surface area contributed by atoms with Crippen molar-refractivity contribution in [3.05, 3.63) is 29.8 Å². The molecule has 4 heteroatoms. The number of para-hydroxylation sites is 1. The lowest BCUT2D eigenvalue weighted by molar-refractivity contribution is 0.0586. The quantitative estimate of drug-likeness (QED) is 0.746. The number of amides is 1. The number of aromatic hydroxyl groups is 1. The minimum atomic E-state index is -0.627. The van der Waals surface area contributed by atoms with Crippen molar-refractivity contribution in [2.24, 2.45) is 5.41 Å². The molecule has 94 valence electrons. The summed E-state index contributed by atoms with van der Waals surface area (Å²) in [7, 11) is 0. The first-order valence-corrected chi connectivity index (χ1v) is 5.56. The smallest absolute Gasteiger partial charge is 0.255 e. The molecule has 1 unspecified atom stereocenters. The molecule has 17 heavy (non-hydrogen) atoms. The molecule has 0 saturated heterocycles. The van der Waals surface area contributed by atoms with Gasteiger partial charge < -0.3 is 15.5 Å². The van der Waals surface area contributed by atoms with Crippen molar-refractivity contribution in [3.8, 4) is 5.75 Å². The van der Waals surface area contributed by atoms with Crippen LogP contribution in [0.5, 0.6) is 5.75 Å². The standard InChI is InChI=1S/C13H19NO3/c1-13(2,3)11(16)8-14-12(17)9-6-4-5-7-10(9)15/h4-7,11,15-16H,8H2,1-3H3,(H,14,17). The zero-order chi connectivity index (χ0) is 13.1. The largest absolute Gasteiger partial charge is 0.507 e. The Hall–Kier alpha value is -1.55. The number of nitrogens with one attached hydrogen (secondary N) is 1. The van der Waals surface area contributed by atoms with Gasteiger partial charge in [0.1, 0.15) is 5.75 Å². The van der Waals surface area contributed by atoms with E-state index in [2.05, 4.69) is 5.32 Å². The topological polar surface area (TPSA) is 69.6 Å². The number of hydrogen-bond acceptors (Lipinski definition) is 3. The van der Waals surface area contributed by atoms with Crippen LogP contribution in [0.25, 0.3) is 0 Å². The van der Waals surface area contributed by atoms with Crippen molar-refractivity contribution < 1.29 is 15.0 Å². The molecule has 0 aromatic heterocycles. The molecule has 0 aliphatic rings. The maximum atomic E-state index is 11.7. The number of carbonyl (C=O) groups excluding carboxylic acids is 1. The minimum absolute atomic E-state index is 0.0600. The fourth-order valence-electron chi connectivity index (χ4n) is 1.26. The minimum Gasteiger partial charge on any atom is -0.507 e. The van der Waals surface area contributed by atoms with Gasteiger partial charge in [0.15, 0.2) is 0 Å². The molecule has 0 fully saturated rings. The van der Waals surface area contributed by atoms with Crippen molar-refractivity contribution >= 4 is 5.91 Å². The number of phenols is 1. The molecule has 4 nitrogen and oxygen atoms in total. The lowest BCUT2D eigenvalue weighted by Gasteiger charge is -2.25. The molecule has 0 saturated carbocycles. The molecule has 0 heterocycles. The summed E-state index contributed by atoms with van der Waals surface area (Å²) in [5.74, 6) is -0.443. The van der Waals surface area contributed by atoms with Crippen molar-refractivity contribution in [1.82, 2.24) is 5.32 Å². The van der Waals surface area contributed by atoms with Crippen LogP contribution in [-0.4, -0.2) is 28.8 Å². The van der Waals surface area contributed by atoms with Crippen molar-refractivity contribution in [2.45, 2.75) is 26.9 Å². The number of aliphatic hydroxyl groups excluding tert-OH is 1. The average Bonchev–Trinajstić information content (AvgIpc) is 2.24. The highest BCUT2D eigenvalue weighted by atomic mass is 16.3. The monoisotopic (exact) mass is 237 g/mol. The third-order valence-electron chi connectivity index (χ3n) is 2.60. The number of benzene rings is 1. The third-order valence-corrected chi connectivity index (χ3v) is 2.60. The summed E-state index contributed by atoms with van der Waals surface area (Å²) in [6.07, 6.45) is -0.627. The second kappa shape index (κ2) is 5.19. The molecule has 3 N–H and O–H groups in total. The molecule has 0 aliphatic carbocycles. The van der Waals surface area contributed by atoms with Crippen LogP contribution in [0.3, 0.4) is 0 Å². The normalized spacial score (nSPS) is 13.2. The van der Waals surface area contributed by atoms with E-state index < -0.39 is 6.10 Å². The fraction of sp³-hybridized carbons (Fsp3) is 0.462. The van der Waals surface area contributed by atoms with E-state index in [0.717, 1.165) is 0 Å². The van der Waals surface area contributed by atoms with Gasteiger partial charge in [-0.2, -0.15) is 0 Å². The van der Waals surface area contributed by atoms with Gasteiger partial charge >= 0.3 is 0 Å². The molecule has 0 bridgehead atoms. The first kappa shape index (κ1) is 13.5. The number of carbonyl (C=O) groups is 1. The highest BCUT2D eigenvalue weighted by Crippen LogP contribution is 2.19. The Balaban J connectivity index is 2.60. The number of aliphatic hydroxyl groups is 1. The third kappa shape index (κ3) is 3.75. The Morgan fingerprint density at radius 3 is 2.47 bits per heavy atom. The second-order valence-electron chi connectivity index (χ2n) is 5.11. The van der Waals surface area contributed by atoms with E-state index in [-0.39, 0.29) is 29.2 Å². The van der Waals surface area contributed by atoms with Crippen LogP contribution in [0.1, 0.15) is 31.1 Å². The van der Waals surface area contributed by atoms with Crippen molar-refractivity contribution in [3.63, 3.8) is 0 Å². The Morgan fingerprint density at radius 2 is 1.94 bits per heavy atom. The van der Waals surface area contributed by atoms with Crippen LogP contribution >= 0.6 is 0 Å². The number of phenolic OH excluding ortho intramolecular Hbond substituents is 1. The number of rotatable bonds is 3. The molecule has 1 aromatic rings. The van der Waals surface area contributed by atoms with Gasteiger partial charge in [0.05, 0.1) is 11.7 Å². The summed E-state index contributed by atoms with van der Waals surface area (Å²) >= 11 is 0. The van der Waals surface area contributed by atoms with Gasteiger partial charge in [0.25, 0.3) is 5.91 Å². The molecular weight excluding hydrogens is 218 g/mol. The maximum absolute atomic E-state index is 11.7. The molecule has 0 radical (unpaired) electrons. The van der Waals surface area contributed by atoms with Crippen LogP contribution in [0, 0.1) is 5.41 Å². The summed E-state index contributed by atoms with van der Waals surface area (Å²) in [5, 5.41) is 21.9. The number of hydrogen-bond donors (Lipinski definition) is 3. The van der Waals surface area contributed by atoms with Crippen LogP contribution in [0.15, 0.2) is 24.3 Å². The molecular formula is C13H19NO3. The van der Waals surface area contributed by atoms with E-state index in [0.29, 0.717) is 0 Å². The van der Waals surface area contributed by atoms with Crippen molar-refractivity contribution in [1.29, 1.82) is 0 Å². The van der Waals surface area contributed by atoms with E-state index in [1.807, 2.05) is 20.8 Å². The van der Waals surface area contributed by atoms with Gasteiger partial charge in [-0.25, -0.2) is 0 Å². The van der Waals surface area contributed by atoms with E-state index in [9.17, 15) is 15.0 Å². The van der Waals surface area contributed by atoms with Crippen LogP contribution < -0.4 is 5.32 Å². The summed E-state index contributed by atoms with van der Waals surface area (Å²) in [5.41, 5.74) is -0.0694. The predicted molar refractivity (Wildman–Crippen MR) is 65.9 cm³/mol. The Bertz CT molecular complexity index is 396. The lowest BCUT2D eigenvalue weighted by atomic mass is 9.89. The lowest BCUT2D eigenvalue weighted by Crippen LogP contribution is -2.39. The van der Waals surface area contributed by atoms with Gasteiger partial charge in [0.2, 0.25) is 0 Å². The van der Waals surface area contributed by atoms with Crippen LogP contribution in [0.2, 0.25) is 0 Å². The van der Waals surface area contributed by atoms with E-state index in [4.69, 9.17) is 0 Å². The van der Waals surface area contributed by atoms with Gasteiger partial charge in [-0.15, -0.1) is 0 Å². The molecule has 0 aliphatic heterocycles. The summed E-state index contributed by atoms with van der Waals surface area (Å²) in [6, 6.07) is 6.31. The highest BCUT2D eigenvalue weighted by Gasteiger charge is 2.22. The Morgan fingerprint density at radius 1 is 1.35 bits per heavy atom. The first-order chi connectivity index (χ1) is 7.82. The zero-order valence-electron chi connectivity index (χ0n) is 10.4. The van der Waals surface area contributed by atoms with Gasteiger partial charge in [-0.1, -0.05) is 32.9 Å². The first-order valence-electron chi connectivity index (χ1n) is 5.56. The summed E-state index contributed by atoms with van der Waals surface area (Å²) in [6.45, 7) is 5.84. The van der Waals surface area contributed by atoms with Crippen LogP contribution in [-0.2, 0) is 0 Å². The molecule has 1 atom stereocenters. The second-order valence-corrected chi connectivity index (χ2v) is 5.11. The Labute approximate surface area is 101 Å². The van der Waals surface area contributed by atoms with Gasteiger partial charge in [-0.05, 0) is 17.5 Å². The maximum Gasteiger partial charge on any atom is 0.255 e. The van der Waals surface area contributed by atoms with Crippen LogP contribution in [0.4, 0.5) is 0 Å². The molecule has 1 rings (SSSR count). The van der Waals surface area contributed by atoms with Gasteiger partial charge in [0, 0.05) is 6.54 Å². The van der Waals surface area contributed by atoms with Crippen molar-refractivity contribution in [2.75, 3.05) is 6.54 Å². The molecule has 1 amide bonds. The summed E-state index contributed by atoms with van der Waals surface area (Å²) < 4.78 is 0. The fourth-order valence-corrected chi connectivity index (χ4v) is 1.26. The predicted octanol–water partition coefficient (Wildman–Crippen LogP) is 1.53. The Kier molecular flexibility index (Phi) is 4.12. The average molecular weight is 237 g/mol. The molecule has 1 aromatic carbocycles. The van der Waals surface area contributed by atoms with Gasteiger partial charge in [-0.3, -0.25) is 4.79 Å². The zero-order valence-corrected chi connectivity index (χ0v) is 10.4. The van der Waals surface area contributed by atoms with E-state index in [1.165, 1.54) is 12.1 Å². The highest BCUT2D eigenvalue weighted by molar-refractivity contribution is 5.96. The van der Waals surface area contributed by atoms with E-state index >= 15 is 0 Å². The van der Waals surface area contributed by atoms with E-state index in [1.54, 1.807) is 12.1 Å². The SMILES string of the molecule is CC(C)(C)C(O)CNC(=O)c1ccccc1O. The summed E-state index contributed by atoms with van der Waals surface area (Å²) in [4.78, 5) is 11.7.